The predicted molar refractivity (Wildman–Crippen MR) is 251 cm³/mol. The topological polar surface area (TPSA) is 52.0 Å². The van der Waals surface area contributed by atoms with E-state index in [0.29, 0.717) is 11.8 Å². The van der Waals surface area contributed by atoms with Gasteiger partial charge in [-0.05, 0) is 127 Å². The average molecular weight is 769 g/mol. The van der Waals surface area contributed by atoms with Crippen molar-refractivity contribution in [1.82, 2.24) is 0 Å². The molecular formula is C55H80N2. The van der Waals surface area contributed by atoms with Crippen molar-refractivity contribution in [3.05, 3.63) is 129 Å². The van der Waals surface area contributed by atoms with Crippen molar-refractivity contribution in [2.75, 3.05) is 11.5 Å². The summed E-state index contributed by atoms with van der Waals surface area (Å²) >= 11 is 0. The zero-order chi connectivity index (χ0) is 40.5. The third kappa shape index (κ3) is 12.5. The second-order valence-electron chi connectivity index (χ2n) is 18.2. The summed E-state index contributed by atoms with van der Waals surface area (Å²) in [6.07, 6.45) is 29.1. The van der Waals surface area contributed by atoms with Crippen molar-refractivity contribution < 1.29 is 0 Å². The van der Waals surface area contributed by atoms with E-state index in [1.807, 2.05) is 0 Å². The monoisotopic (exact) mass is 769 g/mol. The second-order valence-corrected chi connectivity index (χ2v) is 18.2. The average Bonchev–Trinajstić information content (AvgIpc) is 3.22. The SMILES string of the molecule is CCCCCCCCCCCC1CCC(c2ccc(C(CCCCC)c3ccc(N)cc3C)cc2)(c2ccc(C(CCCCC)c3ccc(N)cc3C)cc2)CC1. The van der Waals surface area contributed by atoms with Gasteiger partial charge < -0.3 is 11.5 Å². The Kier molecular flexibility index (Phi) is 18.1. The van der Waals surface area contributed by atoms with Gasteiger partial charge >= 0.3 is 0 Å². The highest BCUT2D eigenvalue weighted by Gasteiger charge is 2.38. The summed E-state index contributed by atoms with van der Waals surface area (Å²) in [4.78, 5) is 0. The normalized spacial score (nSPS) is 18.1. The van der Waals surface area contributed by atoms with Crippen molar-refractivity contribution in [2.24, 2.45) is 5.92 Å². The molecule has 0 bridgehead atoms. The van der Waals surface area contributed by atoms with Gasteiger partial charge in [-0.25, -0.2) is 0 Å². The molecular weight excluding hydrogens is 689 g/mol. The highest BCUT2D eigenvalue weighted by atomic mass is 14.5. The lowest BCUT2D eigenvalue weighted by molar-refractivity contribution is 0.250. The van der Waals surface area contributed by atoms with E-state index in [0.717, 1.165) is 17.3 Å². The first kappa shape index (κ1) is 44.6. The van der Waals surface area contributed by atoms with Crippen LogP contribution in [0.25, 0.3) is 0 Å². The second kappa shape index (κ2) is 23.2. The van der Waals surface area contributed by atoms with Crippen LogP contribution in [0.1, 0.15) is 218 Å². The van der Waals surface area contributed by atoms with Crippen LogP contribution in [-0.2, 0) is 5.41 Å². The molecule has 1 aliphatic rings. The van der Waals surface area contributed by atoms with E-state index in [2.05, 4.69) is 120 Å². The van der Waals surface area contributed by atoms with Gasteiger partial charge in [0.25, 0.3) is 0 Å². The van der Waals surface area contributed by atoms with Crippen LogP contribution in [-0.4, -0.2) is 0 Å². The van der Waals surface area contributed by atoms with Gasteiger partial charge in [0.1, 0.15) is 0 Å². The molecule has 0 spiro atoms. The number of anilines is 2. The zero-order valence-corrected chi connectivity index (χ0v) is 37.0. The van der Waals surface area contributed by atoms with Gasteiger partial charge in [0.15, 0.2) is 0 Å². The van der Waals surface area contributed by atoms with Crippen molar-refractivity contribution in [3.63, 3.8) is 0 Å². The van der Waals surface area contributed by atoms with Crippen LogP contribution in [0, 0.1) is 19.8 Å². The summed E-state index contributed by atoms with van der Waals surface area (Å²) in [5, 5.41) is 0. The molecule has 57 heavy (non-hydrogen) atoms. The van der Waals surface area contributed by atoms with Gasteiger partial charge in [-0.1, -0.05) is 184 Å². The third-order valence-corrected chi connectivity index (χ3v) is 13.9. The lowest BCUT2D eigenvalue weighted by Gasteiger charge is -2.42. The maximum atomic E-state index is 6.22. The predicted octanol–water partition coefficient (Wildman–Crippen LogP) is 16.3. The van der Waals surface area contributed by atoms with Gasteiger partial charge in [0, 0.05) is 28.6 Å². The lowest BCUT2D eigenvalue weighted by Crippen LogP contribution is -2.33. The summed E-state index contributed by atoms with van der Waals surface area (Å²) < 4.78 is 0. The molecule has 2 atom stereocenters. The van der Waals surface area contributed by atoms with E-state index >= 15 is 0 Å². The number of unbranched alkanes of at least 4 members (excludes halogenated alkanes) is 12. The van der Waals surface area contributed by atoms with Crippen LogP contribution in [0.4, 0.5) is 11.4 Å². The summed E-state index contributed by atoms with van der Waals surface area (Å²) in [7, 11) is 0. The first-order valence-electron chi connectivity index (χ1n) is 23.7. The van der Waals surface area contributed by atoms with E-state index in [1.54, 1.807) is 0 Å². The van der Waals surface area contributed by atoms with Crippen LogP contribution >= 0.6 is 0 Å². The molecule has 0 radical (unpaired) electrons. The number of benzene rings is 4. The lowest BCUT2D eigenvalue weighted by atomic mass is 9.62. The van der Waals surface area contributed by atoms with E-state index in [-0.39, 0.29) is 5.41 Å². The quantitative estimate of drug-likeness (QED) is 0.0551. The summed E-state index contributed by atoms with van der Waals surface area (Å²) in [6, 6.07) is 33.1. The number of nitrogen functional groups attached to an aromatic ring is 2. The molecule has 5 rings (SSSR count). The van der Waals surface area contributed by atoms with E-state index < -0.39 is 0 Å². The molecule has 2 heteroatoms. The van der Waals surface area contributed by atoms with Crippen molar-refractivity contribution in [3.8, 4) is 0 Å². The van der Waals surface area contributed by atoms with Gasteiger partial charge in [0.2, 0.25) is 0 Å². The van der Waals surface area contributed by atoms with Crippen molar-refractivity contribution in [1.29, 1.82) is 0 Å². The Hall–Kier alpha value is -3.52. The summed E-state index contributed by atoms with van der Waals surface area (Å²) in [5.41, 5.74) is 25.6. The Morgan fingerprint density at radius 3 is 1.28 bits per heavy atom. The zero-order valence-electron chi connectivity index (χ0n) is 37.0. The van der Waals surface area contributed by atoms with Crippen molar-refractivity contribution in [2.45, 2.75) is 193 Å². The van der Waals surface area contributed by atoms with Gasteiger partial charge in [-0.2, -0.15) is 0 Å². The minimum Gasteiger partial charge on any atom is -0.399 e. The maximum absolute atomic E-state index is 6.22. The molecule has 0 heterocycles. The Morgan fingerprint density at radius 2 is 0.877 bits per heavy atom. The number of nitrogens with two attached hydrogens (primary N) is 2. The highest BCUT2D eigenvalue weighted by Crippen LogP contribution is 2.48. The molecule has 0 saturated heterocycles. The van der Waals surface area contributed by atoms with Crippen LogP contribution in [0.5, 0.6) is 0 Å². The smallest absolute Gasteiger partial charge is 0.0316 e. The van der Waals surface area contributed by atoms with Crippen LogP contribution in [0.15, 0.2) is 84.9 Å². The Balaban J connectivity index is 1.39. The van der Waals surface area contributed by atoms with Gasteiger partial charge in [-0.3, -0.25) is 0 Å². The Bertz CT molecular complexity index is 1610. The molecule has 4 N–H and O–H groups in total. The number of aryl methyl sites for hydroxylation is 2. The van der Waals surface area contributed by atoms with Crippen LogP contribution in [0.3, 0.4) is 0 Å². The highest BCUT2D eigenvalue weighted by molar-refractivity contribution is 5.51. The van der Waals surface area contributed by atoms with E-state index in [4.69, 9.17) is 11.5 Å². The van der Waals surface area contributed by atoms with E-state index in [9.17, 15) is 0 Å². The molecule has 1 aliphatic carbocycles. The molecule has 1 fully saturated rings. The standard InChI is InChI=1S/C55H80N2/c1-6-9-12-13-14-15-16-17-20-21-44-36-38-55(39-37-44,47-28-24-45(25-29-47)53(22-18-10-7-2)51-34-32-49(56)40-42(51)4)48-30-26-46(27-31-48)54(23-19-11-8-3)52-35-33-50(57)41-43(52)5/h24-35,40-41,44,53-54H,6-23,36-39,56-57H2,1-5H3. The van der Waals surface area contributed by atoms with E-state index in [1.165, 1.54) is 186 Å². The summed E-state index contributed by atoms with van der Waals surface area (Å²) in [5.74, 6) is 1.65. The fourth-order valence-electron chi connectivity index (χ4n) is 10.4. The van der Waals surface area contributed by atoms with Crippen molar-refractivity contribution >= 4 is 11.4 Å². The fourth-order valence-corrected chi connectivity index (χ4v) is 10.4. The fraction of sp³-hybridized carbons (Fsp3) is 0.564. The Labute approximate surface area is 350 Å². The number of hydrogen-bond donors (Lipinski definition) is 2. The molecule has 4 aromatic rings. The molecule has 2 unspecified atom stereocenters. The first-order valence-corrected chi connectivity index (χ1v) is 23.7. The largest absolute Gasteiger partial charge is 0.399 e. The molecule has 310 valence electrons. The molecule has 0 aliphatic heterocycles. The first-order chi connectivity index (χ1) is 27.8. The minimum absolute atomic E-state index is 0.0513. The molecule has 2 nitrogen and oxygen atoms in total. The third-order valence-electron chi connectivity index (χ3n) is 13.9. The van der Waals surface area contributed by atoms with Gasteiger partial charge in [-0.15, -0.1) is 0 Å². The maximum Gasteiger partial charge on any atom is 0.0316 e. The molecule has 4 aromatic carbocycles. The van der Waals surface area contributed by atoms with Crippen LogP contribution in [0.2, 0.25) is 0 Å². The number of rotatable bonds is 24. The molecule has 1 saturated carbocycles. The Morgan fingerprint density at radius 1 is 0.491 bits per heavy atom. The number of hydrogen-bond acceptors (Lipinski definition) is 2. The molecule has 0 amide bonds. The minimum atomic E-state index is 0.0513. The summed E-state index contributed by atoms with van der Waals surface area (Å²) in [6.45, 7) is 11.4. The van der Waals surface area contributed by atoms with Crippen LogP contribution < -0.4 is 11.5 Å². The molecule has 0 aromatic heterocycles. The van der Waals surface area contributed by atoms with Gasteiger partial charge in [0.05, 0.1) is 0 Å².